The number of rotatable bonds is 5. The quantitative estimate of drug-likeness (QED) is 0.799. The Morgan fingerprint density at radius 2 is 2.07 bits per heavy atom. The highest BCUT2D eigenvalue weighted by molar-refractivity contribution is 6.31. The summed E-state index contributed by atoms with van der Waals surface area (Å²) in [7, 11) is 0. The van der Waals surface area contributed by atoms with Gasteiger partial charge < -0.3 is 11.5 Å². The molecule has 0 unspecified atom stereocenters. The number of hydrogen-bond acceptors (Lipinski definition) is 2. The maximum absolute atomic E-state index is 10.7. The number of primary amides is 1. The van der Waals surface area contributed by atoms with E-state index in [1.807, 2.05) is 24.3 Å². The van der Waals surface area contributed by atoms with E-state index in [4.69, 9.17) is 23.1 Å². The smallest absolute Gasteiger partial charge is 0.234 e. The molecule has 0 spiro atoms. The van der Waals surface area contributed by atoms with Crippen LogP contribution in [0.25, 0.3) is 0 Å². The van der Waals surface area contributed by atoms with Gasteiger partial charge in [-0.25, -0.2) is 0 Å². The van der Waals surface area contributed by atoms with E-state index in [1.165, 1.54) is 0 Å². The number of nitrogens with two attached hydrogens (primary N) is 2. The molecule has 0 heterocycles. The van der Waals surface area contributed by atoms with Crippen molar-refractivity contribution in [2.75, 3.05) is 0 Å². The van der Waals surface area contributed by atoms with Crippen LogP contribution >= 0.6 is 11.6 Å². The van der Waals surface area contributed by atoms with Gasteiger partial charge in [-0.2, -0.15) is 0 Å². The van der Waals surface area contributed by atoms with Gasteiger partial charge in [-0.05, 0) is 30.9 Å². The Balaban J connectivity index is 2.38. The average Bonchev–Trinajstić information content (AvgIpc) is 2.20. The van der Waals surface area contributed by atoms with Crippen LogP contribution in [-0.4, -0.2) is 11.9 Å². The fourth-order valence-corrected chi connectivity index (χ4v) is 1.59. The summed E-state index contributed by atoms with van der Waals surface area (Å²) in [6.07, 6.45) is 2.23. The highest BCUT2D eigenvalue weighted by Gasteiger charge is 2.08. The van der Waals surface area contributed by atoms with Gasteiger partial charge in [0, 0.05) is 5.02 Å². The van der Waals surface area contributed by atoms with E-state index in [1.54, 1.807) is 0 Å². The highest BCUT2D eigenvalue weighted by Crippen LogP contribution is 2.17. The second-order valence-corrected chi connectivity index (χ2v) is 3.90. The summed E-state index contributed by atoms with van der Waals surface area (Å²) in [6, 6.07) is 7.10. The van der Waals surface area contributed by atoms with E-state index in [-0.39, 0.29) is 0 Å². The summed E-state index contributed by atoms with van der Waals surface area (Å²) >= 11 is 5.98. The van der Waals surface area contributed by atoms with Crippen LogP contribution in [0.2, 0.25) is 5.02 Å². The second kappa shape index (κ2) is 5.73. The first-order valence-corrected chi connectivity index (χ1v) is 5.27. The lowest BCUT2D eigenvalue weighted by Gasteiger charge is -2.07. The summed E-state index contributed by atoms with van der Waals surface area (Å²) in [5.41, 5.74) is 11.6. The molecule has 15 heavy (non-hydrogen) atoms. The van der Waals surface area contributed by atoms with E-state index in [0.29, 0.717) is 6.42 Å². The Bertz CT molecular complexity index is 341. The van der Waals surface area contributed by atoms with Gasteiger partial charge in [0.1, 0.15) is 0 Å². The van der Waals surface area contributed by atoms with E-state index in [0.717, 1.165) is 23.4 Å². The molecular formula is C11H15ClN2O. The van der Waals surface area contributed by atoms with Crippen molar-refractivity contribution in [2.24, 2.45) is 11.5 Å². The molecule has 1 aromatic carbocycles. The minimum Gasteiger partial charge on any atom is -0.368 e. The third-order valence-electron chi connectivity index (χ3n) is 2.28. The highest BCUT2D eigenvalue weighted by atomic mass is 35.5. The van der Waals surface area contributed by atoms with Gasteiger partial charge in [0.05, 0.1) is 6.04 Å². The molecule has 0 aliphatic rings. The molecule has 1 amide bonds. The van der Waals surface area contributed by atoms with E-state index in [2.05, 4.69) is 0 Å². The Labute approximate surface area is 94.4 Å². The molecule has 1 atom stereocenters. The number of amides is 1. The molecular weight excluding hydrogens is 212 g/mol. The Hall–Kier alpha value is -1.06. The zero-order valence-corrected chi connectivity index (χ0v) is 9.20. The van der Waals surface area contributed by atoms with Crippen molar-refractivity contribution in [3.63, 3.8) is 0 Å². The first-order valence-electron chi connectivity index (χ1n) is 4.89. The largest absolute Gasteiger partial charge is 0.368 e. The van der Waals surface area contributed by atoms with Crippen molar-refractivity contribution in [1.29, 1.82) is 0 Å². The molecule has 3 nitrogen and oxygen atoms in total. The molecule has 0 aliphatic carbocycles. The number of carbonyl (C=O) groups excluding carboxylic acids is 1. The molecule has 0 aromatic heterocycles. The lowest BCUT2D eigenvalue weighted by Crippen LogP contribution is -2.36. The fourth-order valence-electron chi connectivity index (χ4n) is 1.36. The van der Waals surface area contributed by atoms with Crippen LogP contribution in [-0.2, 0) is 11.2 Å². The average molecular weight is 227 g/mol. The zero-order valence-electron chi connectivity index (χ0n) is 8.45. The standard InChI is InChI=1S/C11H15ClN2O/c12-9-6-2-1-4-8(9)5-3-7-10(13)11(14)15/h1-2,4,6,10H,3,5,7,13H2,(H2,14,15)/t10-/m0/s1. The molecule has 0 saturated heterocycles. The minimum absolute atomic E-state index is 0.450. The monoisotopic (exact) mass is 226 g/mol. The predicted molar refractivity (Wildman–Crippen MR) is 61.6 cm³/mol. The third-order valence-corrected chi connectivity index (χ3v) is 2.65. The van der Waals surface area contributed by atoms with Gasteiger partial charge in [-0.1, -0.05) is 29.8 Å². The van der Waals surface area contributed by atoms with Gasteiger partial charge in [-0.3, -0.25) is 4.79 Å². The van der Waals surface area contributed by atoms with Crippen molar-refractivity contribution in [2.45, 2.75) is 25.3 Å². The molecule has 0 saturated carbocycles. The number of aryl methyl sites for hydroxylation is 1. The van der Waals surface area contributed by atoms with E-state index < -0.39 is 11.9 Å². The van der Waals surface area contributed by atoms with Crippen LogP contribution in [0.15, 0.2) is 24.3 Å². The van der Waals surface area contributed by atoms with Crippen LogP contribution in [0.1, 0.15) is 18.4 Å². The van der Waals surface area contributed by atoms with Crippen molar-refractivity contribution in [3.05, 3.63) is 34.9 Å². The zero-order chi connectivity index (χ0) is 11.3. The minimum atomic E-state index is -0.549. The van der Waals surface area contributed by atoms with Gasteiger partial charge in [0.2, 0.25) is 5.91 Å². The number of halogens is 1. The van der Waals surface area contributed by atoms with Crippen LogP contribution < -0.4 is 11.5 Å². The van der Waals surface area contributed by atoms with Crippen LogP contribution in [0.4, 0.5) is 0 Å². The third kappa shape index (κ3) is 3.90. The van der Waals surface area contributed by atoms with Crippen molar-refractivity contribution in [3.8, 4) is 0 Å². The Morgan fingerprint density at radius 1 is 1.40 bits per heavy atom. The van der Waals surface area contributed by atoms with Crippen molar-refractivity contribution >= 4 is 17.5 Å². The summed E-state index contributed by atoms with van der Waals surface area (Å²) < 4.78 is 0. The second-order valence-electron chi connectivity index (χ2n) is 3.49. The van der Waals surface area contributed by atoms with Crippen molar-refractivity contribution in [1.82, 2.24) is 0 Å². The van der Waals surface area contributed by atoms with Gasteiger partial charge in [-0.15, -0.1) is 0 Å². The Morgan fingerprint density at radius 3 is 2.67 bits per heavy atom. The lowest BCUT2D eigenvalue weighted by molar-refractivity contribution is -0.119. The molecule has 0 bridgehead atoms. The van der Waals surface area contributed by atoms with Crippen LogP contribution in [0.5, 0.6) is 0 Å². The molecule has 0 radical (unpaired) electrons. The van der Waals surface area contributed by atoms with Crippen LogP contribution in [0.3, 0.4) is 0 Å². The summed E-state index contributed by atoms with van der Waals surface area (Å²) in [5.74, 6) is -0.450. The van der Waals surface area contributed by atoms with Crippen LogP contribution in [0, 0.1) is 0 Å². The first-order chi connectivity index (χ1) is 7.11. The Kier molecular flexibility index (Phi) is 4.59. The molecule has 0 fully saturated rings. The van der Waals surface area contributed by atoms with Crippen molar-refractivity contribution < 1.29 is 4.79 Å². The number of carbonyl (C=O) groups is 1. The van der Waals surface area contributed by atoms with Gasteiger partial charge in [0.15, 0.2) is 0 Å². The predicted octanol–water partition coefficient (Wildman–Crippen LogP) is 1.48. The summed E-state index contributed by atoms with van der Waals surface area (Å²) in [4.78, 5) is 10.7. The van der Waals surface area contributed by atoms with E-state index >= 15 is 0 Å². The lowest BCUT2D eigenvalue weighted by atomic mass is 10.0. The number of benzene rings is 1. The molecule has 82 valence electrons. The summed E-state index contributed by atoms with van der Waals surface area (Å²) in [6.45, 7) is 0. The van der Waals surface area contributed by atoms with Gasteiger partial charge in [0.25, 0.3) is 0 Å². The molecule has 1 rings (SSSR count). The molecule has 0 aliphatic heterocycles. The molecule has 4 N–H and O–H groups in total. The molecule has 1 aromatic rings. The maximum atomic E-state index is 10.7. The van der Waals surface area contributed by atoms with Gasteiger partial charge >= 0.3 is 0 Å². The normalized spacial score (nSPS) is 12.4. The molecule has 4 heteroatoms. The summed E-state index contributed by atoms with van der Waals surface area (Å²) in [5, 5.41) is 0.755. The topological polar surface area (TPSA) is 69.1 Å². The fraction of sp³-hybridized carbons (Fsp3) is 0.364. The SMILES string of the molecule is NC(=O)[C@@H](N)CCCc1ccccc1Cl. The maximum Gasteiger partial charge on any atom is 0.234 e. The van der Waals surface area contributed by atoms with E-state index in [9.17, 15) is 4.79 Å². The first kappa shape index (κ1) is 12.0. The number of hydrogen-bond donors (Lipinski definition) is 2.